The molecule has 2 unspecified atom stereocenters. The number of anilines is 1. The van der Waals surface area contributed by atoms with Crippen molar-refractivity contribution in [1.29, 1.82) is 0 Å². The number of likely N-dealkylation sites (tertiary alicyclic amines) is 1. The summed E-state index contributed by atoms with van der Waals surface area (Å²) in [6.07, 6.45) is 3.92. The molecule has 116 valence electrons. The van der Waals surface area contributed by atoms with Crippen molar-refractivity contribution in [3.63, 3.8) is 0 Å². The van der Waals surface area contributed by atoms with Gasteiger partial charge >= 0.3 is 6.03 Å². The summed E-state index contributed by atoms with van der Waals surface area (Å²) < 4.78 is 0. The second-order valence-electron chi connectivity index (χ2n) is 5.87. The maximum Gasteiger partial charge on any atom is 0.316 e. The molecule has 4 N–H and O–H groups in total. The summed E-state index contributed by atoms with van der Waals surface area (Å²) in [5.41, 5.74) is 7.04. The number of amides is 2. The quantitative estimate of drug-likeness (QED) is 0.779. The molecule has 1 fully saturated rings. The van der Waals surface area contributed by atoms with Crippen molar-refractivity contribution in [1.82, 2.24) is 10.2 Å². The highest BCUT2D eigenvalue weighted by Crippen LogP contribution is 2.18. The van der Waals surface area contributed by atoms with Gasteiger partial charge in [-0.15, -0.1) is 0 Å². The lowest BCUT2D eigenvalue weighted by atomic mass is 10.0. The molecule has 21 heavy (non-hydrogen) atoms. The molecule has 1 aromatic carbocycles. The number of benzene rings is 1. The Hall–Kier alpha value is -1.59. The number of nitrogens with zero attached hydrogens (tertiary/aromatic N) is 1. The molecule has 0 aliphatic carbocycles. The van der Waals surface area contributed by atoms with E-state index in [2.05, 4.69) is 29.5 Å². The Balaban J connectivity index is 1.84. The van der Waals surface area contributed by atoms with Gasteiger partial charge in [0.05, 0.1) is 0 Å². The van der Waals surface area contributed by atoms with Crippen LogP contribution < -0.4 is 16.4 Å². The van der Waals surface area contributed by atoms with Crippen LogP contribution in [0.2, 0.25) is 0 Å². The topological polar surface area (TPSA) is 70.4 Å². The fourth-order valence-electron chi connectivity index (χ4n) is 2.83. The van der Waals surface area contributed by atoms with Gasteiger partial charge in [0, 0.05) is 24.3 Å². The predicted molar refractivity (Wildman–Crippen MR) is 86.3 cm³/mol. The second-order valence-corrected chi connectivity index (χ2v) is 5.87. The number of carbonyl (C=O) groups excluding carboxylic acids is 1. The van der Waals surface area contributed by atoms with E-state index >= 15 is 0 Å². The zero-order chi connectivity index (χ0) is 15.2. The molecule has 1 saturated heterocycles. The van der Waals surface area contributed by atoms with Crippen LogP contribution in [-0.4, -0.2) is 37.1 Å². The van der Waals surface area contributed by atoms with Gasteiger partial charge in [-0.3, -0.25) is 0 Å². The molecule has 2 amide bonds. The van der Waals surface area contributed by atoms with Crippen LogP contribution in [0.3, 0.4) is 0 Å². The average Bonchev–Trinajstić information content (AvgIpc) is 2.46. The molecule has 1 aromatic rings. The second kappa shape index (κ2) is 7.43. The Bertz CT molecular complexity index is 460. The molecule has 0 aromatic heterocycles. The van der Waals surface area contributed by atoms with Gasteiger partial charge in [-0.2, -0.15) is 0 Å². The number of primary amides is 1. The van der Waals surface area contributed by atoms with Gasteiger partial charge in [-0.1, -0.05) is 18.6 Å². The van der Waals surface area contributed by atoms with Crippen LogP contribution >= 0.6 is 0 Å². The molecule has 5 heteroatoms. The number of hydrogen-bond donors (Lipinski definition) is 3. The fraction of sp³-hybridized carbons (Fsp3) is 0.562. The SMILES string of the molecule is CC(NCC1CCCCN1C)c1ccc(NC(N)=O)cc1. The van der Waals surface area contributed by atoms with E-state index in [4.69, 9.17) is 5.73 Å². The number of carbonyl (C=O) groups is 1. The molecule has 0 saturated carbocycles. The van der Waals surface area contributed by atoms with Crippen LogP contribution in [-0.2, 0) is 0 Å². The highest BCUT2D eigenvalue weighted by Gasteiger charge is 2.19. The molecule has 0 bridgehead atoms. The van der Waals surface area contributed by atoms with Gasteiger partial charge in [-0.05, 0) is 51.1 Å². The monoisotopic (exact) mass is 290 g/mol. The molecule has 5 nitrogen and oxygen atoms in total. The summed E-state index contributed by atoms with van der Waals surface area (Å²) in [4.78, 5) is 13.2. The lowest BCUT2D eigenvalue weighted by molar-refractivity contribution is 0.178. The smallest absolute Gasteiger partial charge is 0.316 e. The molecule has 1 aliphatic rings. The maximum absolute atomic E-state index is 10.8. The number of hydrogen-bond acceptors (Lipinski definition) is 3. The molecule has 0 spiro atoms. The average molecular weight is 290 g/mol. The molecule has 1 aliphatic heterocycles. The van der Waals surface area contributed by atoms with E-state index < -0.39 is 6.03 Å². The van der Waals surface area contributed by atoms with Gasteiger partial charge < -0.3 is 21.3 Å². The first-order valence-electron chi connectivity index (χ1n) is 7.66. The van der Waals surface area contributed by atoms with Gasteiger partial charge in [0.2, 0.25) is 0 Å². The van der Waals surface area contributed by atoms with E-state index in [-0.39, 0.29) is 0 Å². The van der Waals surface area contributed by atoms with Crippen molar-refractivity contribution < 1.29 is 4.79 Å². The van der Waals surface area contributed by atoms with E-state index in [1.807, 2.05) is 24.3 Å². The molecule has 2 rings (SSSR count). The minimum atomic E-state index is -0.533. The lowest BCUT2D eigenvalue weighted by Crippen LogP contribution is -2.43. The van der Waals surface area contributed by atoms with Crippen LogP contribution in [0.25, 0.3) is 0 Å². The largest absolute Gasteiger partial charge is 0.351 e. The first-order valence-corrected chi connectivity index (χ1v) is 7.66. The highest BCUT2D eigenvalue weighted by molar-refractivity contribution is 5.87. The molecule has 1 heterocycles. The zero-order valence-electron chi connectivity index (χ0n) is 12.9. The number of nitrogens with one attached hydrogen (secondary N) is 2. The van der Waals surface area contributed by atoms with Crippen molar-refractivity contribution in [2.75, 3.05) is 25.5 Å². The van der Waals surface area contributed by atoms with Crippen molar-refractivity contribution in [2.24, 2.45) is 5.73 Å². The number of piperidine rings is 1. The summed E-state index contributed by atoms with van der Waals surface area (Å²) in [6, 6.07) is 8.20. The van der Waals surface area contributed by atoms with E-state index in [0.29, 0.717) is 12.1 Å². The number of nitrogens with two attached hydrogens (primary N) is 1. The number of likely N-dealkylation sites (N-methyl/N-ethyl adjacent to an activating group) is 1. The van der Waals surface area contributed by atoms with E-state index in [1.165, 1.54) is 31.4 Å². The fourth-order valence-corrected chi connectivity index (χ4v) is 2.83. The Labute approximate surface area is 126 Å². The van der Waals surface area contributed by atoms with Crippen LogP contribution in [0.15, 0.2) is 24.3 Å². The highest BCUT2D eigenvalue weighted by atomic mass is 16.2. The van der Waals surface area contributed by atoms with E-state index in [9.17, 15) is 4.79 Å². The normalized spacial score (nSPS) is 21.0. The third kappa shape index (κ3) is 4.72. The van der Waals surface area contributed by atoms with E-state index in [0.717, 1.165) is 12.2 Å². The Morgan fingerprint density at radius 3 is 2.71 bits per heavy atom. The number of rotatable bonds is 5. The summed E-state index contributed by atoms with van der Waals surface area (Å²) in [7, 11) is 2.21. The Morgan fingerprint density at radius 2 is 2.10 bits per heavy atom. The van der Waals surface area contributed by atoms with Crippen molar-refractivity contribution in [3.8, 4) is 0 Å². The third-order valence-electron chi connectivity index (χ3n) is 4.26. The predicted octanol–water partition coefficient (Wildman–Crippen LogP) is 2.31. The molecular weight excluding hydrogens is 264 g/mol. The van der Waals surface area contributed by atoms with Crippen molar-refractivity contribution in [3.05, 3.63) is 29.8 Å². The lowest BCUT2D eigenvalue weighted by Gasteiger charge is -2.33. The van der Waals surface area contributed by atoms with Gasteiger partial charge in [0.1, 0.15) is 0 Å². The standard InChI is InChI=1S/C16H26N4O/c1-12(18-11-15-5-3-4-10-20(15)2)13-6-8-14(9-7-13)19-16(17)21/h6-9,12,15,18H,3-5,10-11H2,1-2H3,(H3,17,19,21). The molecular formula is C16H26N4O. The maximum atomic E-state index is 10.8. The van der Waals surface area contributed by atoms with Crippen LogP contribution in [0, 0.1) is 0 Å². The summed E-state index contributed by atoms with van der Waals surface area (Å²) in [5, 5.41) is 6.18. The minimum Gasteiger partial charge on any atom is -0.351 e. The zero-order valence-corrected chi connectivity index (χ0v) is 12.9. The molecule has 2 atom stereocenters. The Kier molecular flexibility index (Phi) is 5.59. The van der Waals surface area contributed by atoms with Crippen molar-refractivity contribution >= 4 is 11.7 Å². The third-order valence-corrected chi connectivity index (χ3v) is 4.26. The molecule has 0 radical (unpaired) electrons. The minimum absolute atomic E-state index is 0.294. The van der Waals surface area contributed by atoms with Crippen LogP contribution in [0.4, 0.5) is 10.5 Å². The Morgan fingerprint density at radius 1 is 1.38 bits per heavy atom. The first-order chi connectivity index (χ1) is 10.1. The summed E-state index contributed by atoms with van der Waals surface area (Å²) >= 11 is 0. The number of urea groups is 1. The van der Waals surface area contributed by atoms with Crippen LogP contribution in [0.5, 0.6) is 0 Å². The first kappa shape index (κ1) is 15.8. The van der Waals surface area contributed by atoms with Crippen molar-refractivity contribution in [2.45, 2.75) is 38.3 Å². The van der Waals surface area contributed by atoms with Gasteiger partial charge in [0.15, 0.2) is 0 Å². The summed E-state index contributed by atoms with van der Waals surface area (Å²) in [6.45, 7) is 4.38. The van der Waals surface area contributed by atoms with Crippen LogP contribution in [0.1, 0.15) is 37.8 Å². The summed E-state index contributed by atoms with van der Waals surface area (Å²) in [5.74, 6) is 0. The van der Waals surface area contributed by atoms with E-state index in [1.54, 1.807) is 0 Å². The van der Waals surface area contributed by atoms with Gasteiger partial charge in [0.25, 0.3) is 0 Å². The van der Waals surface area contributed by atoms with Gasteiger partial charge in [-0.25, -0.2) is 4.79 Å².